The fourth-order valence-electron chi connectivity index (χ4n) is 3.78. The largest absolute Gasteiger partial charge is 0.506 e. The average Bonchev–Trinajstić information content (AvgIpc) is 3.09. The number of carbonyl (C=O) groups excluding carboxylic acids is 1. The number of halogens is 4. The lowest BCUT2D eigenvalue weighted by Crippen LogP contribution is -2.30. The van der Waals surface area contributed by atoms with Crippen molar-refractivity contribution in [1.29, 1.82) is 0 Å². The molecular formula is C20H10Br4O9S2. The molecule has 15 heteroatoms. The number of aromatic hydroxyl groups is 1. The second-order valence-corrected chi connectivity index (χ2v) is 13.2. The molecule has 3 aromatic rings. The maximum absolute atomic E-state index is 13.2. The minimum atomic E-state index is -4.91. The van der Waals surface area contributed by atoms with Crippen LogP contribution in [0.4, 0.5) is 0 Å². The van der Waals surface area contributed by atoms with Crippen molar-refractivity contribution in [1.82, 2.24) is 0 Å². The topological polar surface area (TPSA) is 155 Å². The quantitative estimate of drug-likeness (QED) is 0.137. The van der Waals surface area contributed by atoms with Crippen LogP contribution in [0.1, 0.15) is 27.0 Å². The summed E-state index contributed by atoms with van der Waals surface area (Å²) in [6, 6.07) is 8.03. The van der Waals surface area contributed by atoms with E-state index < -0.39 is 47.3 Å². The summed E-state index contributed by atoms with van der Waals surface area (Å²) in [5.74, 6) is -1.61. The Bertz CT molecular complexity index is 1650. The lowest BCUT2D eigenvalue weighted by Gasteiger charge is -2.32. The summed E-state index contributed by atoms with van der Waals surface area (Å²) >= 11 is 13.5. The summed E-state index contributed by atoms with van der Waals surface area (Å²) < 4.78 is 74.2. The summed E-state index contributed by atoms with van der Waals surface area (Å²) in [5, 5.41) is 10.1. The van der Waals surface area contributed by atoms with Crippen LogP contribution < -0.4 is 0 Å². The molecule has 35 heavy (non-hydrogen) atoms. The standard InChI is InChI=1S/C20H10Br4O9S2/c21-15-13-14(16(22)18(24)17(15)23)20(33-19(13)26,8-2-1-3-10(6-8)34(27,28)29)9-4-5-11(25)12(7-9)35(30,31)32/h1-7,25H,(H,27,28,29)(H,30,31,32). The zero-order valence-electron chi connectivity index (χ0n) is 16.7. The van der Waals surface area contributed by atoms with Gasteiger partial charge < -0.3 is 9.84 Å². The van der Waals surface area contributed by atoms with Gasteiger partial charge in [-0.25, -0.2) is 4.79 Å². The van der Waals surface area contributed by atoms with Crippen LogP contribution in [0.3, 0.4) is 0 Å². The Morgan fingerprint density at radius 3 is 1.97 bits per heavy atom. The minimum Gasteiger partial charge on any atom is -0.506 e. The van der Waals surface area contributed by atoms with E-state index in [0.29, 0.717) is 13.4 Å². The molecule has 1 aliphatic heterocycles. The molecule has 3 N–H and O–H groups in total. The second-order valence-electron chi connectivity index (χ2n) is 7.24. The number of hydrogen-bond acceptors (Lipinski definition) is 7. The second kappa shape index (κ2) is 8.90. The number of ether oxygens (including phenoxy) is 1. The summed E-state index contributed by atoms with van der Waals surface area (Å²) in [4.78, 5) is 11.8. The van der Waals surface area contributed by atoms with E-state index in [1.54, 1.807) is 0 Å². The van der Waals surface area contributed by atoms with Gasteiger partial charge in [0, 0.05) is 34.6 Å². The average molecular weight is 778 g/mol. The van der Waals surface area contributed by atoms with Gasteiger partial charge in [-0.3, -0.25) is 9.11 Å². The Labute approximate surface area is 232 Å². The van der Waals surface area contributed by atoms with Crippen LogP contribution in [-0.2, 0) is 30.6 Å². The zero-order valence-corrected chi connectivity index (χ0v) is 24.6. The van der Waals surface area contributed by atoms with Gasteiger partial charge in [0.05, 0.1) is 10.5 Å². The van der Waals surface area contributed by atoms with Gasteiger partial charge in [-0.15, -0.1) is 0 Å². The first-order chi connectivity index (χ1) is 16.1. The Balaban J connectivity index is 2.23. The Morgan fingerprint density at radius 2 is 1.37 bits per heavy atom. The third-order valence-electron chi connectivity index (χ3n) is 5.25. The third kappa shape index (κ3) is 4.29. The maximum atomic E-state index is 13.2. The molecule has 0 radical (unpaired) electrons. The molecule has 4 rings (SSSR count). The molecule has 0 saturated carbocycles. The Hall–Kier alpha value is -1.33. The first-order valence-corrected chi connectivity index (χ1v) is 15.1. The molecule has 0 bridgehead atoms. The highest BCUT2D eigenvalue weighted by Gasteiger charge is 2.52. The number of rotatable bonds is 4. The van der Waals surface area contributed by atoms with Gasteiger partial charge >= 0.3 is 5.97 Å². The molecular weight excluding hydrogens is 768 g/mol. The molecule has 1 unspecified atom stereocenters. The van der Waals surface area contributed by atoms with Crippen molar-refractivity contribution >= 4 is 89.9 Å². The van der Waals surface area contributed by atoms with E-state index in [1.165, 1.54) is 18.2 Å². The fourth-order valence-corrected chi connectivity index (χ4v) is 7.48. The molecule has 1 aliphatic rings. The van der Waals surface area contributed by atoms with Crippen LogP contribution in [0.15, 0.2) is 70.1 Å². The third-order valence-corrected chi connectivity index (χ3v) is 11.8. The molecule has 184 valence electrons. The fraction of sp³-hybridized carbons (Fsp3) is 0.0500. The number of cyclic esters (lactones) is 1. The van der Waals surface area contributed by atoms with Crippen LogP contribution in [0.5, 0.6) is 5.75 Å². The van der Waals surface area contributed by atoms with Crippen molar-refractivity contribution < 1.29 is 40.6 Å². The van der Waals surface area contributed by atoms with Crippen molar-refractivity contribution in [2.45, 2.75) is 15.4 Å². The van der Waals surface area contributed by atoms with Gasteiger partial charge in [-0.1, -0.05) is 18.2 Å². The van der Waals surface area contributed by atoms with Crippen molar-refractivity contribution in [3.63, 3.8) is 0 Å². The lowest BCUT2D eigenvalue weighted by molar-refractivity contribution is 0.0248. The summed E-state index contributed by atoms with van der Waals surface area (Å²) in [6.07, 6.45) is 0. The van der Waals surface area contributed by atoms with Gasteiger partial charge in [0.1, 0.15) is 10.6 Å². The van der Waals surface area contributed by atoms with Crippen molar-refractivity contribution in [3.8, 4) is 5.75 Å². The smallest absolute Gasteiger partial charge is 0.341 e. The molecule has 9 nitrogen and oxygen atoms in total. The predicted molar refractivity (Wildman–Crippen MR) is 137 cm³/mol. The van der Waals surface area contributed by atoms with E-state index in [4.69, 9.17) is 4.74 Å². The van der Waals surface area contributed by atoms with Crippen molar-refractivity contribution in [3.05, 3.63) is 82.6 Å². The van der Waals surface area contributed by atoms with E-state index in [-0.39, 0.29) is 26.7 Å². The highest BCUT2D eigenvalue weighted by molar-refractivity contribution is 9.15. The van der Waals surface area contributed by atoms with E-state index in [2.05, 4.69) is 63.7 Å². The highest BCUT2D eigenvalue weighted by Crippen LogP contribution is 2.56. The van der Waals surface area contributed by atoms with Crippen LogP contribution in [0.25, 0.3) is 0 Å². The van der Waals surface area contributed by atoms with E-state index in [0.717, 1.165) is 24.3 Å². The monoisotopic (exact) mass is 774 g/mol. The number of benzene rings is 3. The Kier molecular flexibility index (Phi) is 6.80. The van der Waals surface area contributed by atoms with E-state index >= 15 is 0 Å². The molecule has 3 aromatic carbocycles. The zero-order chi connectivity index (χ0) is 26.1. The van der Waals surface area contributed by atoms with Gasteiger partial charge in [-0.05, 0) is 88.0 Å². The molecule has 1 atom stereocenters. The van der Waals surface area contributed by atoms with Gasteiger partial charge in [0.25, 0.3) is 20.2 Å². The molecule has 0 aromatic heterocycles. The summed E-state index contributed by atoms with van der Waals surface area (Å²) in [5.41, 5.74) is -1.82. The highest BCUT2D eigenvalue weighted by atomic mass is 79.9. The van der Waals surface area contributed by atoms with Crippen LogP contribution in [-0.4, -0.2) is 37.0 Å². The van der Waals surface area contributed by atoms with Gasteiger partial charge in [-0.2, -0.15) is 16.8 Å². The van der Waals surface area contributed by atoms with Crippen LogP contribution >= 0.6 is 63.7 Å². The molecule has 0 aliphatic carbocycles. The molecule has 0 fully saturated rings. The normalized spacial score (nSPS) is 17.8. The van der Waals surface area contributed by atoms with E-state index in [1.807, 2.05) is 0 Å². The maximum Gasteiger partial charge on any atom is 0.341 e. The molecule has 0 amide bonds. The van der Waals surface area contributed by atoms with E-state index in [9.17, 15) is 35.8 Å². The molecule has 0 saturated heterocycles. The van der Waals surface area contributed by atoms with Gasteiger partial charge in [0.15, 0.2) is 5.60 Å². The summed E-state index contributed by atoms with van der Waals surface area (Å²) in [6.45, 7) is 0. The minimum absolute atomic E-state index is 0.0218. The van der Waals surface area contributed by atoms with Crippen molar-refractivity contribution in [2.75, 3.05) is 0 Å². The number of phenolic OH excluding ortho intramolecular Hbond substituents is 1. The van der Waals surface area contributed by atoms with Gasteiger partial charge in [0.2, 0.25) is 0 Å². The number of carbonyl (C=O) groups is 1. The number of esters is 1. The summed E-state index contributed by atoms with van der Waals surface area (Å²) in [7, 11) is -9.59. The SMILES string of the molecule is O=C1OC(c2cccc(S(=O)(=O)O)c2)(c2ccc(O)c(S(=O)(=O)O)c2)c2c(Br)c(Br)c(Br)c(Br)c21. The molecule has 1 heterocycles. The number of phenols is 1. The number of hydrogen-bond donors (Lipinski definition) is 3. The first kappa shape index (κ1) is 26.7. The van der Waals surface area contributed by atoms with Crippen molar-refractivity contribution in [2.24, 2.45) is 0 Å². The number of fused-ring (bicyclic) bond motifs is 1. The Morgan fingerprint density at radius 1 is 0.771 bits per heavy atom. The predicted octanol–water partition coefficient (Wildman–Crippen LogP) is 5.40. The lowest BCUT2D eigenvalue weighted by atomic mass is 9.80. The van der Waals surface area contributed by atoms with Crippen LogP contribution in [0, 0.1) is 0 Å². The first-order valence-electron chi connectivity index (χ1n) is 9.09. The van der Waals surface area contributed by atoms with Crippen LogP contribution in [0.2, 0.25) is 0 Å². The molecule has 0 spiro atoms.